The van der Waals surface area contributed by atoms with Crippen molar-refractivity contribution in [2.45, 2.75) is 19.8 Å². The highest BCUT2D eigenvalue weighted by Gasteiger charge is 2.02. The zero-order chi connectivity index (χ0) is 13.0. The first-order chi connectivity index (χ1) is 8.70. The van der Waals surface area contributed by atoms with Gasteiger partial charge < -0.3 is 9.72 Å². The van der Waals surface area contributed by atoms with Crippen LogP contribution in [0.3, 0.4) is 0 Å². The maximum absolute atomic E-state index is 11.3. The van der Waals surface area contributed by atoms with Crippen molar-refractivity contribution in [3.8, 4) is 5.75 Å². The summed E-state index contributed by atoms with van der Waals surface area (Å²) < 4.78 is 5.68. The van der Waals surface area contributed by atoms with E-state index in [9.17, 15) is 4.79 Å². The minimum Gasteiger partial charge on any atom is -0.494 e. The SMILES string of the molecule is Cc1cc(=O)[nH]c2ccc(OCCCCS)cc12. The van der Waals surface area contributed by atoms with E-state index < -0.39 is 0 Å². The molecule has 0 aliphatic heterocycles. The van der Waals surface area contributed by atoms with E-state index in [0.717, 1.165) is 40.8 Å². The molecule has 0 atom stereocenters. The number of aromatic amines is 1. The molecule has 1 aromatic carbocycles. The molecule has 1 heterocycles. The predicted octanol–water partition coefficient (Wildman–Crippen LogP) is 2.93. The smallest absolute Gasteiger partial charge is 0.248 e. The quantitative estimate of drug-likeness (QED) is 0.643. The first-order valence-electron chi connectivity index (χ1n) is 6.08. The van der Waals surface area contributed by atoms with E-state index in [2.05, 4.69) is 17.6 Å². The molecule has 0 saturated heterocycles. The average molecular weight is 263 g/mol. The Kier molecular flexibility index (Phi) is 4.31. The summed E-state index contributed by atoms with van der Waals surface area (Å²) in [7, 11) is 0. The van der Waals surface area contributed by atoms with E-state index in [1.165, 1.54) is 0 Å². The first-order valence-corrected chi connectivity index (χ1v) is 6.71. The van der Waals surface area contributed by atoms with Crippen LogP contribution in [-0.2, 0) is 0 Å². The minimum absolute atomic E-state index is 0.0672. The van der Waals surface area contributed by atoms with E-state index in [-0.39, 0.29) is 5.56 Å². The van der Waals surface area contributed by atoms with Crippen LogP contribution in [0.2, 0.25) is 0 Å². The van der Waals surface area contributed by atoms with Crippen LogP contribution in [0.4, 0.5) is 0 Å². The topological polar surface area (TPSA) is 42.1 Å². The molecule has 3 nitrogen and oxygen atoms in total. The van der Waals surface area contributed by atoms with Gasteiger partial charge in [0, 0.05) is 17.0 Å². The molecule has 0 bridgehead atoms. The third kappa shape index (κ3) is 3.07. The second-order valence-corrected chi connectivity index (χ2v) is 4.75. The molecule has 0 aliphatic carbocycles. The monoisotopic (exact) mass is 263 g/mol. The summed E-state index contributed by atoms with van der Waals surface area (Å²) >= 11 is 4.16. The van der Waals surface area contributed by atoms with Crippen molar-refractivity contribution in [3.63, 3.8) is 0 Å². The summed E-state index contributed by atoms with van der Waals surface area (Å²) in [4.78, 5) is 14.2. The highest BCUT2D eigenvalue weighted by molar-refractivity contribution is 7.80. The van der Waals surface area contributed by atoms with Crippen molar-refractivity contribution in [2.75, 3.05) is 12.4 Å². The summed E-state index contributed by atoms with van der Waals surface area (Å²) in [5, 5.41) is 1.03. The fourth-order valence-corrected chi connectivity index (χ4v) is 2.12. The molecule has 0 radical (unpaired) electrons. The van der Waals surface area contributed by atoms with Crippen LogP contribution >= 0.6 is 12.6 Å². The average Bonchev–Trinajstić information content (AvgIpc) is 2.35. The van der Waals surface area contributed by atoms with Gasteiger partial charge in [0.05, 0.1) is 6.61 Å². The van der Waals surface area contributed by atoms with Crippen LogP contribution in [0.15, 0.2) is 29.1 Å². The molecule has 1 N–H and O–H groups in total. The standard InChI is InChI=1S/C14H17NO2S/c1-10-8-14(16)15-13-5-4-11(9-12(10)13)17-6-2-3-7-18/h4-5,8-9,18H,2-3,6-7H2,1H3,(H,15,16). The second kappa shape index (κ2) is 5.96. The van der Waals surface area contributed by atoms with Crippen molar-refractivity contribution in [1.29, 1.82) is 0 Å². The molecule has 2 aromatic rings. The van der Waals surface area contributed by atoms with E-state index in [4.69, 9.17) is 4.74 Å². The van der Waals surface area contributed by atoms with Gasteiger partial charge in [0.25, 0.3) is 0 Å². The number of hydrogen-bond acceptors (Lipinski definition) is 3. The zero-order valence-corrected chi connectivity index (χ0v) is 11.3. The van der Waals surface area contributed by atoms with Gasteiger partial charge in [0.2, 0.25) is 5.56 Å². The fourth-order valence-electron chi connectivity index (χ4n) is 1.90. The van der Waals surface area contributed by atoms with Gasteiger partial charge in [-0.3, -0.25) is 4.79 Å². The maximum atomic E-state index is 11.3. The van der Waals surface area contributed by atoms with Gasteiger partial charge in [0.1, 0.15) is 5.75 Å². The number of benzene rings is 1. The molecular weight excluding hydrogens is 246 g/mol. The molecule has 4 heteroatoms. The Morgan fingerprint density at radius 1 is 1.28 bits per heavy atom. The lowest BCUT2D eigenvalue weighted by Gasteiger charge is -2.08. The zero-order valence-electron chi connectivity index (χ0n) is 10.4. The van der Waals surface area contributed by atoms with Crippen LogP contribution in [0.5, 0.6) is 5.75 Å². The minimum atomic E-state index is -0.0672. The molecule has 0 spiro atoms. The highest BCUT2D eigenvalue weighted by atomic mass is 32.1. The molecule has 2 rings (SSSR count). The van der Waals surface area contributed by atoms with E-state index in [0.29, 0.717) is 6.61 Å². The van der Waals surface area contributed by atoms with Gasteiger partial charge in [-0.05, 0) is 49.3 Å². The summed E-state index contributed by atoms with van der Waals surface area (Å²) in [6.45, 7) is 2.64. The molecule has 1 aromatic heterocycles. The molecule has 18 heavy (non-hydrogen) atoms. The summed E-state index contributed by atoms with van der Waals surface area (Å²) in [5.74, 6) is 1.73. The Morgan fingerprint density at radius 2 is 2.11 bits per heavy atom. The number of aryl methyl sites for hydroxylation is 1. The van der Waals surface area contributed by atoms with Gasteiger partial charge >= 0.3 is 0 Å². The van der Waals surface area contributed by atoms with Crippen LogP contribution in [0.25, 0.3) is 10.9 Å². The van der Waals surface area contributed by atoms with Gasteiger partial charge in [-0.1, -0.05) is 0 Å². The number of ether oxygens (including phenoxy) is 1. The largest absolute Gasteiger partial charge is 0.494 e. The van der Waals surface area contributed by atoms with Crippen LogP contribution in [0.1, 0.15) is 18.4 Å². The van der Waals surface area contributed by atoms with Crippen molar-refractivity contribution in [3.05, 3.63) is 40.2 Å². The van der Waals surface area contributed by atoms with E-state index in [1.807, 2.05) is 25.1 Å². The number of hydrogen-bond donors (Lipinski definition) is 2. The second-order valence-electron chi connectivity index (χ2n) is 4.30. The van der Waals surface area contributed by atoms with Gasteiger partial charge in [-0.2, -0.15) is 12.6 Å². The van der Waals surface area contributed by atoms with Crippen LogP contribution in [0, 0.1) is 6.92 Å². The van der Waals surface area contributed by atoms with Gasteiger partial charge in [-0.25, -0.2) is 0 Å². The number of rotatable bonds is 5. The molecular formula is C14H17NO2S. The highest BCUT2D eigenvalue weighted by Crippen LogP contribution is 2.21. The number of nitrogens with one attached hydrogen (secondary N) is 1. The molecule has 0 aliphatic rings. The first kappa shape index (κ1) is 13.0. The summed E-state index contributed by atoms with van der Waals surface area (Å²) in [6.07, 6.45) is 2.06. The van der Waals surface area contributed by atoms with Crippen LogP contribution in [-0.4, -0.2) is 17.3 Å². The Morgan fingerprint density at radius 3 is 2.89 bits per heavy atom. The molecule has 0 unspecified atom stereocenters. The normalized spacial score (nSPS) is 10.8. The lowest BCUT2D eigenvalue weighted by molar-refractivity contribution is 0.310. The van der Waals surface area contributed by atoms with E-state index >= 15 is 0 Å². The number of fused-ring (bicyclic) bond motifs is 1. The van der Waals surface area contributed by atoms with Gasteiger partial charge in [0.15, 0.2) is 0 Å². The molecule has 0 amide bonds. The lowest BCUT2D eigenvalue weighted by Crippen LogP contribution is -2.05. The lowest BCUT2D eigenvalue weighted by atomic mass is 10.1. The Hall–Kier alpha value is -1.42. The Labute approximate surface area is 112 Å². The van der Waals surface area contributed by atoms with Crippen molar-refractivity contribution in [2.24, 2.45) is 0 Å². The third-order valence-corrected chi connectivity index (χ3v) is 3.16. The number of pyridine rings is 1. The van der Waals surface area contributed by atoms with Crippen molar-refractivity contribution >= 4 is 23.5 Å². The number of unbranched alkanes of at least 4 members (excludes halogenated alkanes) is 1. The third-order valence-electron chi connectivity index (χ3n) is 2.84. The maximum Gasteiger partial charge on any atom is 0.248 e. The predicted molar refractivity (Wildman–Crippen MR) is 77.9 cm³/mol. The number of H-pyrrole nitrogens is 1. The Balaban J connectivity index is 2.19. The Bertz CT molecular complexity index is 592. The van der Waals surface area contributed by atoms with Gasteiger partial charge in [-0.15, -0.1) is 0 Å². The fraction of sp³-hybridized carbons (Fsp3) is 0.357. The number of aromatic nitrogens is 1. The molecule has 0 fully saturated rings. The molecule has 96 valence electrons. The van der Waals surface area contributed by atoms with Crippen LogP contribution < -0.4 is 10.3 Å². The molecule has 0 saturated carbocycles. The number of thiol groups is 1. The van der Waals surface area contributed by atoms with Crippen molar-refractivity contribution < 1.29 is 4.74 Å². The summed E-state index contributed by atoms with van der Waals surface area (Å²) in [5.41, 5.74) is 1.75. The van der Waals surface area contributed by atoms with Crippen molar-refractivity contribution in [1.82, 2.24) is 4.98 Å². The van der Waals surface area contributed by atoms with E-state index in [1.54, 1.807) is 6.07 Å². The summed E-state index contributed by atoms with van der Waals surface area (Å²) in [6, 6.07) is 7.35.